The molecular weight excluding hydrogens is 324 g/mol. The second-order valence-electron chi connectivity index (χ2n) is 4.97. The third-order valence-electron chi connectivity index (χ3n) is 3.39. The molecule has 4 N–H and O–H groups in total. The van der Waals surface area contributed by atoms with Crippen molar-refractivity contribution in [3.8, 4) is 22.3 Å². The number of hydrogen-bond acceptors (Lipinski definition) is 2. The third-order valence-corrected chi connectivity index (χ3v) is 3.84. The lowest BCUT2D eigenvalue weighted by Gasteiger charge is -2.08. The van der Waals surface area contributed by atoms with Gasteiger partial charge in [-0.2, -0.15) is 0 Å². The summed E-state index contributed by atoms with van der Waals surface area (Å²) in [5.41, 5.74) is 17.6. The molecule has 0 unspecified atom stereocenters. The lowest BCUT2D eigenvalue weighted by Crippen LogP contribution is -1.86. The molecule has 0 aliphatic heterocycles. The Morgan fingerprint density at radius 3 is 1.29 bits per heavy atom. The number of rotatable bonds is 2. The molecule has 3 heteroatoms. The van der Waals surface area contributed by atoms with E-state index < -0.39 is 0 Å². The van der Waals surface area contributed by atoms with Crippen molar-refractivity contribution in [2.24, 2.45) is 0 Å². The van der Waals surface area contributed by atoms with Gasteiger partial charge in [0.05, 0.1) is 0 Å². The summed E-state index contributed by atoms with van der Waals surface area (Å²) in [5, 5.41) is 0. The molecule has 0 amide bonds. The maximum Gasteiger partial charge on any atom is 0.0314 e. The Morgan fingerprint density at radius 1 is 0.524 bits per heavy atom. The van der Waals surface area contributed by atoms with Crippen LogP contribution in [-0.2, 0) is 0 Å². The fraction of sp³-hybridized carbons (Fsp3) is 0. The Hall–Kier alpha value is -2.26. The average Bonchev–Trinajstić information content (AvgIpc) is 2.48. The summed E-state index contributed by atoms with van der Waals surface area (Å²) in [5.74, 6) is 0. The van der Waals surface area contributed by atoms with Crippen LogP contribution >= 0.6 is 15.9 Å². The first-order valence-corrected chi connectivity index (χ1v) is 7.43. The first-order chi connectivity index (χ1) is 10.1. The molecule has 0 aromatic heterocycles. The molecule has 3 aromatic rings. The summed E-state index contributed by atoms with van der Waals surface area (Å²) in [7, 11) is 0. The highest BCUT2D eigenvalue weighted by atomic mass is 79.9. The monoisotopic (exact) mass is 338 g/mol. The van der Waals surface area contributed by atoms with Crippen LogP contribution in [0.25, 0.3) is 22.3 Å². The Kier molecular flexibility index (Phi) is 3.67. The van der Waals surface area contributed by atoms with Crippen LogP contribution in [0.4, 0.5) is 11.4 Å². The highest BCUT2D eigenvalue weighted by Crippen LogP contribution is 2.31. The summed E-state index contributed by atoms with van der Waals surface area (Å²) >= 11 is 3.59. The van der Waals surface area contributed by atoms with Gasteiger partial charge in [0.2, 0.25) is 0 Å². The molecular formula is C18H15BrN2. The molecule has 0 spiro atoms. The lowest BCUT2D eigenvalue weighted by molar-refractivity contribution is 1.56. The van der Waals surface area contributed by atoms with Crippen molar-refractivity contribution in [2.75, 3.05) is 11.5 Å². The van der Waals surface area contributed by atoms with Crippen molar-refractivity contribution < 1.29 is 0 Å². The van der Waals surface area contributed by atoms with E-state index in [4.69, 9.17) is 11.5 Å². The van der Waals surface area contributed by atoms with Gasteiger partial charge in [0.15, 0.2) is 0 Å². The SMILES string of the molecule is Nc1ccc(-c2cc(Br)cc(-c3ccc(N)cc3)c2)cc1. The van der Waals surface area contributed by atoms with E-state index in [1.54, 1.807) is 0 Å². The normalized spacial score (nSPS) is 10.5. The van der Waals surface area contributed by atoms with Gasteiger partial charge in [-0.25, -0.2) is 0 Å². The molecule has 3 rings (SSSR count). The van der Waals surface area contributed by atoms with Crippen molar-refractivity contribution in [3.05, 3.63) is 71.2 Å². The summed E-state index contributed by atoms with van der Waals surface area (Å²) < 4.78 is 1.05. The molecule has 0 bridgehead atoms. The molecule has 21 heavy (non-hydrogen) atoms. The van der Waals surface area contributed by atoms with Gasteiger partial charge < -0.3 is 11.5 Å². The predicted octanol–water partition coefficient (Wildman–Crippen LogP) is 4.95. The van der Waals surface area contributed by atoms with Gasteiger partial charge in [-0.15, -0.1) is 0 Å². The van der Waals surface area contributed by atoms with Crippen molar-refractivity contribution in [1.29, 1.82) is 0 Å². The van der Waals surface area contributed by atoms with Crippen LogP contribution in [0, 0.1) is 0 Å². The molecule has 0 aliphatic rings. The molecule has 0 fully saturated rings. The quantitative estimate of drug-likeness (QED) is 0.649. The Morgan fingerprint density at radius 2 is 0.905 bits per heavy atom. The zero-order valence-electron chi connectivity index (χ0n) is 11.4. The van der Waals surface area contributed by atoms with Gasteiger partial charge in [0.1, 0.15) is 0 Å². The molecule has 0 aliphatic carbocycles. The predicted molar refractivity (Wildman–Crippen MR) is 93.8 cm³/mol. The van der Waals surface area contributed by atoms with E-state index in [0.717, 1.165) is 38.1 Å². The van der Waals surface area contributed by atoms with Gasteiger partial charge in [-0.1, -0.05) is 40.2 Å². The number of halogens is 1. The van der Waals surface area contributed by atoms with Crippen molar-refractivity contribution >= 4 is 27.3 Å². The van der Waals surface area contributed by atoms with E-state index in [0.29, 0.717) is 0 Å². The van der Waals surface area contributed by atoms with E-state index in [-0.39, 0.29) is 0 Å². The number of benzene rings is 3. The second kappa shape index (κ2) is 5.62. The fourth-order valence-electron chi connectivity index (χ4n) is 2.27. The van der Waals surface area contributed by atoms with Gasteiger partial charge in [0.25, 0.3) is 0 Å². The lowest BCUT2D eigenvalue weighted by atomic mass is 9.99. The van der Waals surface area contributed by atoms with E-state index in [2.05, 4.69) is 34.1 Å². The maximum atomic E-state index is 5.75. The second-order valence-corrected chi connectivity index (χ2v) is 5.89. The van der Waals surface area contributed by atoms with Crippen LogP contribution in [0.15, 0.2) is 71.2 Å². The average molecular weight is 339 g/mol. The summed E-state index contributed by atoms with van der Waals surface area (Å²) in [6.07, 6.45) is 0. The minimum Gasteiger partial charge on any atom is -0.399 e. The van der Waals surface area contributed by atoms with Crippen LogP contribution in [0.5, 0.6) is 0 Å². The van der Waals surface area contributed by atoms with Gasteiger partial charge in [-0.3, -0.25) is 0 Å². The van der Waals surface area contributed by atoms with Gasteiger partial charge in [0, 0.05) is 15.8 Å². The molecule has 104 valence electrons. The summed E-state index contributed by atoms with van der Waals surface area (Å²) in [6, 6.07) is 22.2. The Labute approximate surface area is 132 Å². The van der Waals surface area contributed by atoms with E-state index in [9.17, 15) is 0 Å². The van der Waals surface area contributed by atoms with Crippen molar-refractivity contribution in [3.63, 3.8) is 0 Å². The maximum absolute atomic E-state index is 5.75. The standard InChI is InChI=1S/C18H15BrN2/c19-16-10-14(12-1-5-17(20)6-2-12)9-15(11-16)13-3-7-18(21)8-4-13/h1-11H,20-21H2. The van der Waals surface area contributed by atoms with Gasteiger partial charge >= 0.3 is 0 Å². The van der Waals surface area contributed by atoms with Crippen molar-refractivity contribution in [2.45, 2.75) is 0 Å². The highest BCUT2D eigenvalue weighted by molar-refractivity contribution is 9.10. The fourth-order valence-corrected chi connectivity index (χ4v) is 2.77. The van der Waals surface area contributed by atoms with E-state index >= 15 is 0 Å². The number of nitrogen functional groups attached to an aromatic ring is 2. The van der Waals surface area contributed by atoms with Gasteiger partial charge in [-0.05, 0) is 64.7 Å². The summed E-state index contributed by atoms with van der Waals surface area (Å²) in [4.78, 5) is 0. The molecule has 3 aromatic carbocycles. The highest BCUT2D eigenvalue weighted by Gasteiger charge is 2.04. The number of anilines is 2. The van der Waals surface area contributed by atoms with E-state index in [1.807, 2.05) is 48.5 Å². The zero-order valence-corrected chi connectivity index (χ0v) is 13.0. The number of hydrogen-bond donors (Lipinski definition) is 2. The topological polar surface area (TPSA) is 52.0 Å². The summed E-state index contributed by atoms with van der Waals surface area (Å²) in [6.45, 7) is 0. The minimum atomic E-state index is 0.771. The Balaban J connectivity index is 2.07. The largest absolute Gasteiger partial charge is 0.399 e. The number of nitrogens with two attached hydrogens (primary N) is 2. The molecule has 0 atom stereocenters. The zero-order chi connectivity index (χ0) is 14.8. The minimum absolute atomic E-state index is 0.771. The van der Waals surface area contributed by atoms with Crippen LogP contribution in [0.1, 0.15) is 0 Å². The van der Waals surface area contributed by atoms with Crippen LogP contribution in [-0.4, -0.2) is 0 Å². The van der Waals surface area contributed by atoms with Crippen molar-refractivity contribution in [1.82, 2.24) is 0 Å². The van der Waals surface area contributed by atoms with Crippen LogP contribution < -0.4 is 11.5 Å². The molecule has 0 heterocycles. The first kappa shape index (κ1) is 13.7. The molecule has 0 saturated heterocycles. The molecule has 2 nitrogen and oxygen atoms in total. The van der Waals surface area contributed by atoms with E-state index in [1.165, 1.54) is 0 Å². The third kappa shape index (κ3) is 3.09. The van der Waals surface area contributed by atoms with Crippen LogP contribution in [0.2, 0.25) is 0 Å². The molecule has 0 radical (unpaired) electrons. The smallest absolute Gasteiger partial charge is 0.0314 e. The van der Waals surface area contributed by atoms with Crippen LogP contribution in [0.3, 0.4) is 0 Å². The first-order valence-electron chi connectivity index (χ1n) is 6.64. The molecule has 0 saturated carbocycles. The Bertz CT molecular complexity index is 698.